The quantitative estimate of drug-likeness (QED) is 0.702. The van der Waals surface area contributed by atoms with Crippen molar-refractivity contribution in [2.24, 2.45) is 11.8 Å². The standard InChI is InChI=1S/C13H27NO/c1-11(2)13(10-15-3)14-9-8-12-6-4-5-7-12/h11-14H,4-10H2,1-3H3. The van der Waals surface area contributed by atoms with Crippen LogP contribution in [0.3, 0.4) is 0 Å². The van der Waals surface area contributed by atoms with Crippen LogP contribution in [0.4, 0.5) is 0 Å². The van der Waals surface area contributed by atoms with Gasteiger partial charge in [0.1, 0.15) is 0 Å². The van der Waals surface area contributed by atoms with Crippen molar-refractivity contribution < 1.29 is 4.74 Å². The van der Waals surface area contributed by atoms with Gasteiger partial charge < -0.3 is 10.1 Å². The molecule has 0 saturated heterocycles. The number of rotatable bonds is 7. The summed E-state index contributed by atoms with van der Waals surface area (Å²) in [4.78, 5) is 0. The third-order valence-corrected chi connectivity index (χ3v) is 3.58. The highest BCUT2D eigenvalue weighted by atomic mass is 16.5. The molecule has 1 fully saturated rings. The largest absolute Gasteiger partial charge is 0.383 e. The number of nitrogens with one attached hydrogen (secondary N) is 1. The van der Waals surface area contributed by atoms with Crippen LogP contribution in [-0.4, -0.2) is 26.3 Å². The predicted molar refractivity (Wildman–Crippen MR) is 65.1 cm³/mol. The lowest BCUT2D eigenvalue weighted by Gasteiger charge is -2.22. The van der Waals surface area contributed by atoms with Gasteiger partial charge >= 0.3 is 0 Å². The van der Waals surface area contributed by atoms with Crippen LogP contribution in [0.5, 0.6) is 0 Å². The van der Waals surface area contributed by atoms with Gasteiger partial charge in [-0.05, 0) is 24.8 Å². The first-order valence-electron chi connectivity index (χ1n) is 6.46. The van der Waals surface area contributed by atoms with Gasteiger partial charge in [0.25, 0.3) is 0 Å². The Bertz CT molecular complexity index is 153. The lowest BCUT2D eigenvalue weighted by Crippen LogP contribution is -2.38. The molecule has 1 aliphatic rings. The summed E-state index contributed by atoms with van der Waals surface area (Å²) >= 11 is 0. The van der Waals surface area contributed by atoms with Gasteiger partial charge in [-0.15, -0.1) is 0 Å². The Morgan fingerprint density at radius 1 is 1.27 bits per heavy atom. The molecular formula is C13H27NO. The van der Waals surface area contributed by atoms with E-state index >= 15 is 0 Å². The summed E-state index contributed by atoms with van der Waals surface area (Å²) in [6.07, 6.45) is 7.18. The third kappa shape index (κ3) is 4.98. The summed E-state index contributed by atoms with van der Waals surface area (Å²) in [6, 6.07) is 0.524. The molecule has 1 N–H and O–H groups in total. The van der Waals surface area contributed by atoms with Crippen molar-refractivity contribution in [3.05, 3.63) is 0 Å². The minimum absolute atomic E-state index is 0.524. The summed E-state index contributed by atoms with van der Waals surface area (Å²) in [7, 11) is 1.79. The van der Waals surface area contributed by atoms with E-state index in [1.165, 1.54) is 32.1 Å². The second-order valence-corrected chi connectivity index (χ2v) is 5.20. The van der Waals surface area contributed by atoms with E-state index in [0.29, 0.717) is 12.0 Å². The molecule has 1 saturated carbocycles. The molecule has 90 valence electrons. The highest BCUT2D eigenvalue weighted by molar-refractivity contribution is 4.73. The summed E-state index contributed by atoms with van der Waals surface area (Å²) in [5.41, 5.74) is 0. The Morgan fingerprint density at radius 2 is 1.93 bits per heavy atom. The molecular weight excluding hydrogens is 186 g/mol. The van der Waals surface area contributed by atoms with Gasteiger partial charge in [-0.25, -0.2) is 0 Å². The Balaban J connectivity index is 2.09. The molecule has 15 heavy (non-hydrogen) atoms. The van der Waals surface area contributed by atoms with Crippen LogP contribution in [0.15, 0.2) is 0 Å². The fourth-order valence-electron chi connectivity index (χ4n) is 2.44. The first kappa shape index (κ1) is 13.0. The van der Waals surface area contributed by atoms with Crippen LogP contribution in [-0.2, 0) is 4.74 Å². The second-order valence-electron chi connectivity index (χ2n) is 5.20. The number of hydrogen-bond acceptors (Lipinski definition) is 2. The molecule has 1 unspecified atom stereocenters. The lowest BCUT2D eigenvalue weighted by atomic mass is 10.0. The molecule has 1 aliphatic carbocycles. The van der Waals surface area contributed by atoms with E-state index in [9.17, 15) is 0 Å². The topological polar surface area (TPSA) is 21.3 Å². The van der Waals surface area contributed by atoms with E-state index < -0.39 is 0 Å². The van der Waals surface area contributed by atoms with Crippen LogP contribution in [0.2, 0.25) is 0 Å². The summed E-state index contributed by atoms with van der Waals surface area (Å²) in [5, 5.41) is 3.62. The van der Waals surface area contributed by atoms with E-state index in [2.05, 4.69) is 19.2 Å². The van der Waals surface area contributed by atoms with E-state index in [1.54, 1.807) is 7.11 Å². The molecule has 1 rings (SSSR count). The predicted octanol–water partition coefficient (Wildman–Crippen LogP) is 2.83. The molecule has 1 atom stereocenters. The van der Waals surface area contributed by atoms with Gasteiger partial charge in [-0.1, -0.05) is 39.5 Å². The average molecular weight is 213 g/mol. The SMILES string of the molecule is COCC(NCCC1CCCC1)C(C)C. The molecule has 0 heterocycles. The van der Waals surface area contributed by atoms with E-state index in [0.717, 1.165) is 19.1 Å². The van der Waals surface area contributed by atoms with Gasteiger partial charge in [-0.2, -0.15) is 0 Å². The molecule has 2 heteroatoms. The van der Waals surface area contributed by atoms with E-state index in [4.69, 9.17) is 4.74 Å². The molecule has 0 spiro atoms. The van der Waals surface area contributed by atoms with Crippen molar-refractivity contribution in [2.45, 2.75) is 52.0 Å². The maximum absolute atomic E-state index is 5.23. The van der Waals surface area contributed by atoms with E-state index in [1.807, 2.05) is 0 Å². The maximum Gasteiger partial charge on any atom is 0.0618 e. The van der Waals surface area contributed by atoms with Crippen LogP contribution in [0, 0.1) is 11.8 Å². The molecule has 0 aromatic carbocycles. The minimum atomic E-state index is 0.524. The highest BCUT2D eigenvalue weighted by Gasteiger charge is 2.16. The van der Waals surface area contributed by atoms with Gasteiger partial charge in [0.05, 0.1) is 6.61 Å². The van der Waals surface area contributed by atoms with Gasteiger partial charge in [0.15, 0.2) is 0 Å². The lowest BCUT2D eigenvalue weighted by molar-refractivity contribution is 0.146. The summed E-state index contributed by atoms with van der Waals surface area (Å²) in [6.45, 7) is 6.51. The molecule has 2 nitrogen and oxygen atoms in total. The number of hydrogen-bond donors (Lipinski definition) is 1. The van der Waals surface area contributed by atoms with Gasteiger partial charge in [-0.3, -0.25) is 0 Å². The van der Waals surface area contributed by atoms with Crippen molar-refractivity contribution in [1.29, 1.82) is 0 Å². The van der Waals surface area contributed by atoms with Crippen molar-refractivity contribution in [3.8, 4) is 0 Å². The zero-order valence-corrected chi connectivity index (χ0v) is 10.6. The summed E-state index contributed by atoms with van der Waals surface area (Å²) in [5.74, 6) is 1.65. The van der Waals surface area contributed by atoms with Gasteiger partial charge in [0.2, 0.25) is 0 Å². The Labute approximate surface area is 94.8 Å². The Morgan fingerprint density at radius 3 is 2.47 bits per heavy atom. The van der Waals surface area contributed by atoms with Crippen molar-refractivity contribution >= 4 is 0 Å². The molecule has 0 radical (unpaired) electrons. The van der Waals surface area contributed by atoms with E-state index in [-0.39, 0.29) is 0 Å². The molecule has 0 bridgehead atoms. The maximum atomic E-state index is 5.23. The van der Waals surface area contributed by atoms with Crippen LogP contribution in [0.25, 0.3) is 0 Å². The second kappa shape index (κ2) is 7.24. The van der Waals surface area contributed by atoms with Crippen molar-refractivity contribution in [1.82, 2.24) is 5.32 Å². The first-order valence-corrected chi connectivity index (χ1v) is 6.46. The highest BCUT2D eigenvalue weighted by Crippen LogP contribution is 2.26. The minimum Gasteiger partial charge on any atom is -0.383 e. The van der Waals surface area contributed by atoms with Crippen LogP contribution in [0.1, 0.15) is 46.0 Å². The zero-order chi connectivity index (χ0) is 11.1. The molecule has 0 aromatic heterocycles. The van der Waals surface area contributed by atoms with Crippen LogP contribution < -0.4 is 5.32 Å². The fraction of sp³-hybridized carbons (Fsp3) is 1.00. The zero-order valence-electron chi connectivity index (χ0n) is 10.6. The smallest absolute Gasteiger partial charge is 0.0618 e. The van der Waals surface area contributed by atoms with Gasteiger partial charge in [0, 0.05) is 13.2 Å². The molecule has 0 aromatic rings. The first-order chi connectivity index (χ1) is 7.24. The Kier molecular flexibility index (Phi) is 6.26. The van der Waals surface area contributed by atoms with Crippen LogP contribution >= 0.6 is 0 Å². The number of ether oxygens (including phenoxy) is 1. The van der Waals surface area contributed by atoms with Crippen molar-refractivity contribution in [2.75, 3.05) is 20.3 Å². The monoisotopic (exact) mass is 213 g/mol. The molecule has 0 aliphatic heterocycles. The van der Waals surface area contributed by atoms with Crippen molar-refractivity contribution in [3.63, 3.8) is 0 Å². The normalized spacial score (nSPS) is 20.0. The Hall–Kier alpha value is -0.0800. The molecule has 0 amide bonds. The third-order valence-electron chi connectivity index (χ3n) is 3.58. The summed E-state index contributed by atoms with van der Waals surface area (Å²) < 4.78 is 5.23. The average Bonchev–Trinajstić information content (AvgIpc) is 2.69. The number of methoxy groups -OCH3 is 1. The fourth-order valence-corrected chi connectivity index (χ4v) is 2.44.